The molecule has 0 heterocycles. The average molecular weight is 195 g/mol. The van der Waals surface area contributed by atoms with Crippen LogP contribution in [-0.4, -0.2) is 6.54 Å². The first-order valence-electron chi connectivity index (χ1n) is 5.28. The van der Waals surface area contributed by atoms with Gasteiger partial charge in [-0.2, -0.15) is 0 Å². The van der Waals surface area contributed by atoms with Crippen LogP contribution in [0.15, 0.2) is 42.0 Å². The van der Waals surface area contributed by atoms with Crippen molar-refractivity contribution in [2.45, 2.75) is 6.42 Å². The molecule has 2 aromatic carbocycles. The van der Waals surface area contributed by atoms with Gasteiger partial charge in [0.05, 0.1) is 0 Å². The Hall–Kier alpha value is -1.60. The molecule has 0 amide bonds. The molecule has 3 rings (SSSR count). The Bertz CT molecular complexity index is 547. The summed E-state index contributed by atoms with van der Waals surface area (Å²) < 4.78 is 0. The van der Waals surface area contributed by atoms with Crippen molar-refractivity contribution in [3.05, 3.63) is 53.1 Å². The zero-order chi connectivity index (χ0) is 10.3. The zero-order valence-corrected chi connectivity index (χ0v) is 8.53. The monoisotopic (exact) mass is 195 g/mol. The molecule has 1 aliphatic rings. The summed E-state index contributed by atoms with van der Waals surface area (Å²) in [7, 11) is 0. The Morgan fingerprint density at radius 1 is 1.07 bits per heavy atom. The molecule has 15 heavy (non-hydrogen) atoms. The Morgan fingerprint density at radius 3 is 2.67 bits per heavy atom. The van der Waals surface area contributed by atoms with Crippen molar-refractivity contribution in [2.75, 3.05) is 6.54 Å². The maximum atomic E-state index is 5.72. The van der Waals surface area contributed by atoms with Gasteiger partial charge in [-0.1, -0.05) is 48.0 Å². The molecule has 0 aliphatic heterocycles. The van der Waals surface area contributed by atoms with Gasteiger partial charge < -0.3 is 5.73 Å². The van der Waals surface area contributed by atoms with Crippen LogP contribution in [0.2, 0.25) is 0 Å². The van der Waals surface area contributed by atoms with Gasteiger partial charge in [-0.15, -0.1) is 0 Å². The summed E-state index contributed by atoms with van der Waals surface area (Å²) >= 11 is 0. The summed E-state index contributed by atoms with van der Waals surface area (Å²) in [4.78, 5) is 0. The topological polar surface area (TPSA) is 26.0 Å². The van der Waals surface area contributed by atoms with Gasteiger partial charge in [-0.05, 0) is 28.3 Å². The van der Waals surface area contributed by atoms with Gasteiger partial charge in [0.15, 0.2) is 0 Å². The predicted octanol–water partition coefficient (Wildman–Crippen LogP) is 2.74. The number of rotatable bonds is 1. The highest BCUT2D eigenvalue weighted by molar-refractivity contribution is 5.95. The number of hydrogen-bond acceptors (Lipinski definition) is 1. The largest absolute Gasteiger partial charge is 0.327 e. The van der Waals surface area contributed by atoms with E-state index < -0.39 is 0 Å². The fourth-order valence-corrected chi connectivity index (χ4v) is 2.36. The van der Waals surface area contributed by atoms with Crippen molar-refractivity contribution in [3.8, 4) is 0 Å². The van der Waals surface area contributed by atoms with E-state index in [1.54, 1.807) is 0 Å². The molecule has 0 radical (unpaired) electrons. The standard InChI is InChI=1S/C14H13N/c15-9-10-7-12-5-1-3-11-4-2-6-13(8-10)14(11)12/h1-7H,8-9,15H2. The first-order chi connectivity index (χ1) is 7.38. The molecule has 0 saturated carbocycles. The minimum Gasteiger partial charge on any atom is -0.327 e. The Balaban J connectivity index is 2.38. The van der Waals surface area contributed by atoms with E-state index >= 15 is 0 Å². The third-order valence-electron chi connectivity index (χ3n) is 3.06. The molecule has 74 valence electrons. The van der Waals surface area contributed by atoms with E-state index in [0.29, 0.717) is 6.54 Å². The molecular weight excluding hydrogens is 182 g/mol. The van der Waals surface area contributed by atoms with Gasteiger partial charge in [0.1, 0.15) is 0 Å². The van der Waals surface area contributed by atoms with Crippen LogP contribution < -0.4 is 5.73 Å². The average Bonchev–Trinajstić information content (AvgIpc) is 2.29. The third-order valence-corrected chi connectivity index (χ3v) is 3.06. The van der Waals surface area contributed by atoms with E-state index in [9.17, 15) is 0 Å². The van der Waals surface area contributed by atoms with Gasteiger partial charge in [-0.3, -0.25) is 0 Å². The molecule has 0 saturated heterocycles. The fourth-order valence-electron chi connectivity index (χ4n) is 2.36. The quantitative estimate of drug-likeness (QED) is 0.744. The first kappa shape index (κ1) is 8.69. The highest BCUT2D eigenvalue weighted by atomic mass is 14.5. The molecule has 0 unspecified atom stereocenters. The summed E-state index contributed by atoms with van der Waals surface area (Å²) in [6.45, 7) is 0.657. The molecule has 0 fully saturated rings. The van der Waals surface area contributed by atoms with Crippen molar-refractivity contribution >= 4 is 16.8 Å². The van der Waals surface area contributed by atoms with E-state index in [4.69, 9.17) is 5.73 Å². The Labute approximate surface area is 89.2 Å². The molecule has 1 aliphatic carbocycles. The van der Waals surface area contributed by atoms with Crippen LogP contribution in [0.25, 0.3) is 16.8 Å². The molecule has 0 spiro atoms. The molecule has 0 atom stereocenters. The predicted molar refractivity (Wildman–Crippen MR) is 64.7 cm³/mol. The van der Waals surface area contributed by atoms with Crippen molar-refractivity contribution < 1.29 is 0 Å². The number of nitrogens with two attached hydrogens (primary N) is 1. The summed E-state index contributed by atoms with van der Waals surface area (Å²) in [5.41, 5.74) is 9.76. The second kappa shape index (κ2) is 3.21. The van der Waals surface area contributed by atoms with Gasteiger partial charge in [-0.25, -0.2) is 0 Å². The van der Waals surface area contributed by atoms with Crippen LogP contribution in [0.1, 0.15) is 11.1 Å². The maximum absolute atomic E-state index is 5.72. The molecule has 1 heteroatoms. The second-order valence-corrected chi connectivity index (χ2v) is 4.05. The molecule has 2 aromatic rings. The minimum atomic E-state index is 0.657. The third kappa shape index (κ3) is 1.28. The highest BCUT2D eigenvalue weighted by Crippen LogP contribution is 2.30. The SMILES string of the molecule is NCC1=Cc2cccc3cccc(c23)C1. The molecule has 1 nitrogen and oxygen atoms in total. The zero-order valence-electron chi connectivity index (χ0n) is 8.53. The van der Waals surface area contributed by atoms with Crippen molar-refractivity contribution in [1.29, 1.82) is 0 Å². The molecule has 2 N–H and O–H groups in total. The summed E-state index contributed by atoms with van der Waals surface area (Å²) in [5, 5.41) is 2.73. The van der Waals surface area contributed by atoms with Crippen LogP contribution >= 0.6 is 0 Å². The first-order valence-corrected chi connectivity index (χ1v) is 5.28. The molecule has 0 aromatic heterocycles. The van der Waals surface area contributed by atoms with E-state index in [1.807, 2.05) is 0 Å². The smallest absolute Gasteiger partial charge is 0.0143 e. The summed E-state index contributed by atoms with van der Waals surface area (Å²) in [6.07, 6.45) is 3.24. The minimum absolute atomic E-state index is 0.657. The maximum Gasteiger partial charge on any atom is 0.0143 e. The fraction of sp³-hybridized carbons (Fsp3) is 0.143. The van der Waals surface area contributed by atoms with Crippen LogP contribution in [-0.2, 0) is 6.42 Å². The van der Waals surface area contributed by atoms with Crippen LogP contribution in [0.5, 0.6) is 0 Å². The van der Waals surface area contributed by atoms with E-state index in [1.165, 1.54) is 27.5 Å². The summed E-state index contributed by atoms with van der Waals surface area (Å²) in [5.74, 6) is 0. The van der Waals surface area contributed by atoms with Crippen LogP contribution in [0.3, 0.4) is 0 Å². The van der Waals surface area contributed by atoms with E-state index in [-0.39, 0.29) is 0 Å². The number of benzene rings is 2. The molecular formula is C14H13N. The van der Waals surface area contributed by atoms with Crippen LogP contribution in [0, 0.1) is 0 Å². The van der Waals surface area contributed by atoms with Gasteiger partial charge in [0, 0.05) is 6.54 Å². The van der Waals surface area contributed by atoms with Crippen molar-refractivity contribution in [2.24, 2.45) is 5.73 Å². The highest BCUT2D eigenvalue weighted by Gasteiger charge is 2.11. The van der Waals surface area contributed by atoms with Gasteiger partial charge >= 0.3 is 0 Å². The second-order valence-electron chi connectivity index (χ2n) is 4.05. The summed E-state index contributed by atoms with van der Waals surface area (Å²) in [6, 6.07) is 12.9. The van der Waals surface area contributed by atoms with E-state index in [2.05, 4.69) is 42.5 Å². The lowest BCUT2D eigenvalue weighted by atomic mass is 9.89. The van der Waals surface area contributed by atoms with Crippen LogP contribution in [0.4, 0.5) is 0 Å². The Morgan fingerprint density at radius 2 is 1.87 bits per heavy atom. The molecule has 0 bridgehead atoms. The van der Waals surface area contributed by atoms with Crippen molar-refractivity contribution in [1.82, 2.24) is 0 Å². The lowest BCUT2D eigenvalue weighted by Gasteiger charge is -2.16. The van der Waals surface area contributed by atoms with Gasteiger partial charge in [0.2, 0.25) is 0 Å². The number of hydrogen-bond donors (Lipinski definition) is 1. The lowest BCUT2D eigenvalue weighted by molar-refractivity contribution is 1.05. The van der Waals surface area contributed by atoms with E-state index in [0.717, 1.165) is 6.42 Å². The Kier molecular flexibility index (Phi) is 1.86. The van der Waals surface area contributed by atoms with Crippen molar-refractivity contribution in [3.63, 3.8) is 0 Å². The van der Waals surface area contributed by atoms with Gasteiger partial charge in [0.25, 0.3) is 0 Å². The lowest BCUT2D eigenvalue weighted by Crippen LogP contribution is -2.08. The normalized spacial score (nSPS) is 14.1.